The number of methoxy groups -OCH3 is 1. The molecule has 0 amide bonds. The van der Waals surface area contributed by atoms with Crippen LogP contribution in [-0.2, 0) is 9.84 Å². The predicted molar refractivity (Wildman–Crippen MR) is 112 cm³/mol. The Morgan fingerprint density at radius 1 is 1.14 bits per heavy atom. The summed E-state index contributed by atoms with van der Waals surface area (Å²) in [6.07, 6.45) is 5.33. The fourth-order valence-corrected chi connectivity index (χ4v) is 4.41. The van der Waals surface area contributed by atoms with Crippen LogP contribution in [0.5, 0.6) is 5.75 Å². The summed E-state index contributed by atoms with van der Waals surface area (Å²) in [4.78, 5) is 10.4. The van der Waals surface area contributed by atoms with Gasteiger partial charge in [0.25, 0.3) is 0 Å². The van der Waals surface area contributed by atoms with E-state index >= 15 is 0 Å². The molecule has 0 aliphatic rings. The molecule has 0 atom stereocenters. The average molecular weight is 427 g/mol. The van der Waals surface area contributed by atoms with Crippen molar-refractivity contribution in [3.8, 4) is 5.75 Å². The third-order valence-electron chi connectivity index (χ3n) is 4.32. The van der Waals surface area contributed by atoms with Gasteiger partial charge < -0.3 is 15.4 Å². The van der Waals surface area contributed by atoms with E-state index in [1.54, 1.807) is 6.07 Å². The van der Waals surface area contributed by atoms with Gasteiger partial charge in [0.1, 0.15) is 21.4 Å². The molecular formula is C19H27ClN4O3S. The lowest BCUT2D eigenvalue weighted by molar-refractivity contribution is 0.402. The van der Waals surface area contributed by atoms with Crippen molar-refractivity contribution in [3.05, 3.63) is 29.4 Å². The Hall–Kier alpha value is -2.06. The van der Waals surface area contributed by atoms with Crippen LogP contribution < -0.4 is 15.4 Å². The van der Waals surface area contributed by atoms with Crippen LogP contribution in [0.15, 0.2) is 34.2 Å². The Balaban J connectivity index is 2.43. The van der Waals surface area contributed by atoms with Crippen molar-refractivity contribution < 1.29 is 13.2 Å². The molecule has 0 saturated carbocycles. The van der Waals surface area contributed by atoms with Gasteiger partial charge in [-0.05, 0) is 31.0 Å². The quantitative estimate of drug-likeness (QED) is 0.613. The highest BCUT2D eigenvalue weighted by molar-refractivity contribution is 7.91. The number of nitrogen functional groups attached to an aromatic ring is 1. The number of hydrogen-bond donors (Lipinski definition) is 1. The van der Waals surface area contributed by atoms with Crippen molar-refractivity contribution >= 4 is 33.2 Å². The molecule has 1 aromatic carbocycles. The summed E-state index contributed by atoms with van der Waals surface area (Å²) in [5.41, 5.74) is 6.04. The third-order valence-corrected chi connectivity index (χ3v) is 6.35. The van der Waals surface area contributed by atoms with Crippen LogP contribution in [0.25, 0.3) is 0 Å². The molecule has 154 valence electrons. The first-order valence-corrected chi connectivity index (χ1v) is 11.2. The molecule has 7 nitrogen and oxygen atoms in total. The highest BCUT2D eigenvalue weighted by atomic mass is 35.5. The lowest BCUT2D eigenvalue weighted by Gasteiger charge is -2.22. The van der Waals surface area contributed by atoms with Gasteiger partial charge in [0.2, 0.25) is 15.8 Å². The van der Waals surface area contributed by atoms with E-state index in [1.807, 2.05) is 4.90 Å². The number of unbranched alkanes of at least 4 members (excludes halogenated alkanes) is 2. The van der Waals surface area contributed by atoms with E-state index in [-0.39, 0.29) is 26.4 Å². The number of hydrogen-bond acceptors (Lipinski definition) is 7. The molecular weight excluding hydrogens is 400 g/mol. The van der Waals surface area contributed by atoms with E-state index in [2.05, 4.69) is 23.8 Å². The summed E-state index contributed by atoms with van der Waals surface area (Å²) in [6, 6.07) is 4.39. The van der Waals surface area contributed by atoms with Gasteiger partial charge in [-0.25, -0.2) is 13.4 Å². The number of nitrogens with zero attached hydrogens (tertiary/aromatic N) is 3. The van der Waals surface area contributed by atoms with Crippen LogP contribution in [0.1, 0.15) is 39.5 Å². The zero-order chi connectivity index (χ0) is 20.7. The van der Waals surface area contributed by atoms with Crippen LogP contribution in [0.2, 0.25) is 5.02 Å². The minimum atomic E-state index is -3.99. The molecule has 0 spiro atoms. The van der Waals surface area contributed by atoms with Gasteiger partial charge in [-0.2, -0.15) is 4.98 Å². The molecule has 2 rings (SSSR count). The molecule has 0 unspecified atom stereocenters. The first-order valence-electron chi connectivity index (χ1n) is 9.31. The molecule has 2 N–H and O–H groups in total. The number of halogens is 1. The Morgan fingerprint density at radius 2 is 1.79 bits per heavy atom. The van der Waals surface area contributed by atoms with Gasteiger partial charge in [0, 0.05) is 18.1 Å². The lowest BCUT2D eigenvalue weighted by atomic mass is 10.3. The van der Waals surface area contributed by atoms with Crippen molar-refractivity contribution in [2.45, 2.75) is 49.3 Å². The minimum absolute atomic E-state index is 0.0700. The second-order valence-corrected chi connectivity index (χ2v) is 8.74. The topological polar surface area (TPSA) is 98.4 Å². The highest BCUT2D eigenvalue weighted by Crippen LogP contribution is 2.33. The summed E-state index contributed by atoms with van der Waals surface area (Å²) >= 11 is 5.98. The van der Waals surface area contributed by atoms with Gasteiger partial charge in [-0.1, -0.05) is 38.3 Å². The summed E-state index contributed by atoms with van der Waals surface area (Å²) in [6.45, 7) is 5.82. The second kappa shape index (κ2) is 9.93. The third kappa shape index (κ3) is 5.05. The number of anilines is 2. The van der Waals surface area contributed by atoms with Crippen molar-refractivity contribution in [1.29, 1.82) is 0 Å². The van der Waals surface area contributed by atoms with Crippen molar-refractivity contribution in [3.63, 3.8) is 0 Å². The van der Waals surface area contributed by atoms with E-state index in [0.717, 1.165) is 38.8 Å². The zero-order valence-electron chi connectivity index (χ0n) is 16.5. The molecule has 0 bridgehead atoms. The molecule has 1 aromatic heterocycles. The summed E-state index contributed by atoms with van der Waals surface area (Å²) in [7, 11) is -2.60. The molecule has 28 heavy (non-hydrogen) atoms. The van der Waals surface area contributed by atoms with Crippen molar-refractivity contribution in [1.82, 2.24) is 9.97 Å². The van der Waals surface area contributed by atoms with Crippen LogP contribution in [0.4, 0.5) is 11.8 Å². The Labute approximate surface area is 171 Å². The van der Waals surface area contributed by atoms with E-state index in [0.29, 0.717) is 5.95 Å². The normalized spacial score (nSPS) is 11.4. The molecule has 0 radical (unpaired) electrons. The molecule has 9 heteroatoms. The van der Waals surface area contributed by atoms with Crippen LogP contribution >= 0.6 is 11.6 Å². The zero-order valence-corrected chi connectivity index (χ0v) is 18.1. The Kier molecular flexibility index (Phi) is 7.88. The lowest BCUT2D eigenvalue weighted by Crippen LogP contribution is -2.28. The van der Waals surface area contributed by atoms with Crippen molar-refractivity contribution in [2.24, 2.45) is 0 Å². The maximum atomic E-state index is 13.1. The number of benzene rings is 1. The summed E-state index contributed by atoms with van der Waals surface area (Å²) < 4.78 is 31.4. The summed E-state index contributed by atoms with van der Waals surface area (Å²) in [5.74, 6) is 0.529. The minimum Gasteiger partial charge on any atom is -0.495 e. The van der Waals surface area contributed by atoms with Gasteiger partial charge in [-0.3, -0.25) is 0 Å². The highest BCUT2D eigenvalue weighted by Gasteiger charge is 2.27. The molecule has 0 aliphatic heterocycles. The Morgan fingerprint density at radius 3 is 2.32 bits per heavy atom. The number of nitrogens with two attached hydrogens (primary N) is 1. The maximum Gasteiger partial charge on any atom is 0.227 e. The molecule has 1 heterocycles. The molecule has 0 saturated heterocycles. The van der Waals surface area contributed by atoms with Gasteiger partial charge in [0.05, 0.1) is 13.3 Å². The van der Waals surface area contributed by atoms with E-state index in [9.17, 15) is 8.42 Å². The van der Waals surface area contributed by atoms with E-state index in [4.69, 9.17) is 22.1 Å². The number of aromatic nitrogens is 2. The van der Waals surface area contributed by atoms with Crippen molar-refractivity contribution in [2.75, 3.05) is 30.8 Å². The largest absolute Gasteiger partial charge is 0.495 e. The first kappa shape index (κ1) is 22.2. The SMILES string of the molecule is CCCCN(CCCC)c1ncc(S(=O)(=O)c2cc(Cl)ccc2OC)c(N)n1. The van der Waals surface area contributed by atoms with E-state index < -0.39 is 9.84 Å². The number of rotatable bonds is 10. The smallest absolute Gasteiger partial charge is 0.227 e. The van der Waals surface area contributed by atoms with E-state index in [1.165, 1.54) is 25.4 Å². The maximum absolute atomic E-state index is 13.1. The fraction of sp³-hybridized carbons (Fsp3) is 0.474. The number of ether oxygens (including phenoxy) is 1. The average Bonchev–Trinajstić information content (AvgIpc) is 2.67. The van der Waals surface area contributed by atoms with Gasteiger partial charge >= 0.3 is 0 Å². The molecule has 0 fully saturated rings. The van der Waals surface area contributed by atoms with Crippen LogP contribution in [0.3, 0.4) is 0 Å². The van der Waals surface area contributed by atoms with Crippen LogP contribution in [0, 0.1) is 0 Å². The molecule has 2 aromatic rings. The van der Waals surface area contributed by atoms with Gasteiger partial charge in [-0.15, -0.1) is 0 Å². The second-order valence-electron chi connectivity index (χ2n) is 6.41. The number of sulfone groups is 1. The van der Waals surface area contributed by atoms with Crippen LogP contribution in [-0.4, -0.2) is 38.6 Å². The molecule has 0 aliphatic carbocycles. The first-order chi connectivity index (χ1) is 13.3. The standard InChI is InChI=1S/C19H27ClN4O3S/c1-4-6-10-24(11-7-5-2)19-22-13-17(18(21)23-19)28(25,26)16-12-14(20)8-9-15(16)27-3/h8-9,12-13H,4-7,10-11H2,1-3H3,(H2,21,22,23). The fourth-order valence-electron chi connectivity index (χ4n) is 2.72. The monoisotopic (exact) mass is 426 g/mol. The summed E-state index contributed by atoms with van der Waals surface area (Å²) in [5, 5.41) is 0.279. The Bertz CT molecular complexity index is 898. The van der Waals surface area contributed by atoms with Gasteiger partial charge in [0.15, 0.2) is 0 Å². The predicted octanol–water partition coefficient (Wildman–Crippen LogP) is 3.96.